The van der Waals surface area contributed by atoms with Crippen LogP contribution in [-0.4, -0.2) is 30.0 Å². The molecule has 3 aromatic rings. The molecule has 1 saturated heterocycles. The zero-order valence-electron chi connectivity index (χ0n) is 26.9. The molecule has 5 nitrogen and oxygen atoms in total. The second-order valence-corrected chi connectivity index (χ2v) is 11.9. The fraction of sp³-hybridized carbons (Fsp3) is 0.289. The number of anilines is 2. The van der Waals surface area contributed by atoms with Gasteiger partial charge in [-0.25, -0.2) is 4.39 Å². The molecule has 1 aliphatic heterocycles. The number of piperidine rings is 1. The number of hydrogen-bond acceptors (Lipinski definition) is 5. The Kier molecular flexibility index (Phi) is 10.5. The van der Waals surface area contributed by atoms with Gasteiger partial charge in [0.05, 0.1) is 17.6 Å². The zero-order valence-corrected chi connectivity index (χ0v) is 26.9. The van der Waals surface area contributed by atoms with Crippen molar-refractivity contribution in [2.75, 3.05) is 30.8 Å². The highest BCUT2D eigenvalue weighted by Crippen LogP contribution is 2.39. The molecule has 0 aliphatic carbocycles. The van der Waals surface area contributed by atoms with Gasteiger partial charge in [0.1, 0.15) is 5.82 Å². The first-order chi connectivity index (χ1) is 21.1. The molecular weight excluding hydrogens is 545 g/mol. The van der Waals surface area contributed by atoms with Crippen LogP contribution in [0.25, 0.3) is 16.8 Å². The van der Waals surface area contributed by atoms with E-state index in [1.54, 1.807) is 25.5 Å². The summed E-state index contributed by atoms with van der Waals surface area (Å²) in [6, 6.07) is 15.4. The van der Waals surface area contributed by atoms with Gasteiger partial charge in [-0.3, -0.25) is 4.98 Å². The van der Waals surface area contributed by atoms with E-state index in [4.69, 9.17) is 0 Å². The second-order valence-electron chi connectivity index (χ2n) is 11.9. The van der Waals surface area contributed by atoms with Gasteiger partial charge in [0.2, 0.25) is 0 Å². The van der Waals surface area contributed by atoms with Crippen molar-refractivity contribution in [3.8, 4) is 11.1 Å². The van der Waals surface area contributed by atoms with Gasteiger partial charge < -0.3 is 20.9 Å². The molecule has 0 unspecified atom stereocenters. The lowest BCUT2D eigenvalue weighted by molar-refractivity contribution is 0.289. The number of likely N-dealkylation sites (tertiary alicyclic amines) is 1. The predicted molar refractivity (Wildman–Crippen MR) is 186 cm³/mol. The molecule has 3 N–H and O–H groups in total. The normalized spacial score (nSPS) is 14.4. The minimum absolute atomic E-state index is 0.335. The molecule has 1 fully saturated rings. The molecule has 44 heavy (non-hydrogen) atoms. The average Bonchev–Trinajstić information content (AvgIpc) is 3.03. The summed E-state index contributed by atoms with van der Waals surface area (Å²) in [5.41, 5.74) is 8.74. The van der Waals surface area contributed by atoms with Crippen molar-refractivity contribution < 1.29 is 4.39 Å². The van der Waals surface area contributed by atoms with Crippen LogP contribution in [0.5, 0.6) is 0 Å². The Bertz CT molecular complexity index is 1580. The van der Waals surface area contributed by atoms with Crippen molar-refractivity contribution in [3.05, 3.63) is 132 Å². The van der Waals surface area contributed by atoms with Crippen molar-refractivity contribution in [1.29, 1.82) is 0 Å². The maximum Gasteiger partial charge on any atom is 0.147 e. The maximum atomic E-state index is 15.7. The monoisotopic (exact) mass is 591 g/mol. The van der Waals surface area contributed by atoms with Crippen molar-refractivity contribution in [1.82, 2.24) is 15.2 Å². The van der Waals surface area contributed by atoms with E-state index >= 15 is 4.39 Å². The van der Waals surface area contributed by atoms with E-state index in [0.29, 0.717) is 5.69 Å². The molecular formula is C38H46FN5. The van der Waals surface area contributed by atoms with Crippen molar-refractivity contribution >= 4 is 17.1 Å². The maximum absolute atomic E-state index is 15.7. The Hall–Kier alpha value is -4.58. The van der Waals surface area contributed by atoms with Crippen LogP contribution in [0.4, 0.5) is 15.8 Å². The molecule has 0 bridgehead atoms. The fourth-order valence-electron chi connectivity index (χ4n) is 5.62. The predicted octanol–water partition coefficient (Wildman–Crippen LogP) is 9.24. The van der Waals surface area contributed by atoms with Gasteiger partial charge in [0.15, 0.2) is 0 Å². The Labute approximate surface area is 263 Å². The number of benzene rings is 2. The summed E-state index contributed by atoms with van der Waals surface area (Å²) in [5, 5.41) is 10.0. The first kappa shape index (κ1) is 32.3. The van der Waals surface area contributed by atoms with Crippen LogP contribution in [-0.2, 0) is 5.41 Å². The molecule has 230 valence electrons. The summed E-state index contributed by atoms with van der Waals surface area (Å²) in [4.78, 5) is 6.88. The number of aromatic nitrogens is 1. The minimum atomic E-state index is -0.630. The molecule has 0 radical (unpaired) electrons. The van der Waals surface area contributed by atoms with Crippen LogP contribution >= 0.6 is 0 Å². The highest BCUT2D eigenvalue weighted by Gasteiger charge is 2.30. The molecule has 1 aliphatic rings. The fourth-order valence-corrected chi connectivity index (χ4v) is 5.62. The van der Waals surface area contributed by atoms with E-state index < -0.39 is 5.41 Å². The van der Waals surface area contributed by atoms with E-state index in [2.05, 4.69) is 79.3 Å². The highest BCUT2D eigenvalue weighted by atomic mass is 19.1. The van der Waals surface area contributed by atoms with E-state index in [0.717, 1.165) is 63.7 Å². The zero-order chi connectivity index (χ0) is 31.9. The number of halogens is 1. The lowest BCUT2D eigenvalue weighted by Gasteiger charge is -2.34. The van der Waals surface area contributed by atoms with Crippen LogP contribution < -0.4 is 16.0 Å². The number of nitrogens with zero attached hydrogens (tertiary/aromatic N) is 2. The first-order valence-electron chi connectivity index (χ1n) is 15.3. The number of pyridine rings is 1. The van der Waals surface area contributed by atoms with Gasteiger partial charge in [0, 0.05) is 60.1 Å². The smallest absolute Gasteiger partial charge is 0.147 e. The van der Waals surface area contributed by atoms with Crippen molar-refractivity contribution in [3.63, 3.8) is 0 Å². The summed E-state index contributed by atoms with van der Waals surface area (Å²) < 4.78 is 15.7. The van der Waals surface area contributed by atoms with E-state index in [1.165, 1.54) is 25.0 Å². The van der Waals surface area contributed by atoms with Crippen LogP contribution in [0, 0.1) is 5.82 Å². The molecule has 0 amide bonds. The molecule has 2 heterocycles. The minimum Gasteiger partial charge on any atom is -0.386 e. The van der Waals surface area contributed by atoms with E-state index in [9.17, 15) is 0 Å². The third-order valence-electron chi connectivity index (χ3n) is 8.51. The topological polar surface area (TPSA) is 52.2 Å². The Morgan fingerprint density at radius 2 is 1.68 bits per heavy atom. The van der Waals surface area contributed by atoms with Crippen LogP contribution in [0.2, 0.25) is 0 Å². The van der Waals surface area contributed by atoms with E-state index in [-0.39, 0.29) is 5.82 Å². The molecule has 2 aromatic carbocycles. The van der Waals surface area contributed by atoms with Gasteiger partial charge >= 0.3 is 0 Å². The molecule has 0 spiro atoms. The summed E-state index contributed by atoms with van der Waals surface area (Å²) in [5.74, 6) is -0.335. The lowest BCUT2D eigenvalue weighted by Crippen LogP contribution is -2.32. The van der Waals surface area contributed by atoms with E-state index in [1.807, 2.05) is 48.5 Å². The molecule has 1 aromatic heterocycles. The van der Waals surface area contributed by atoms with Crippen LogP contribution in [0.15, 0.2) is 115 Å². The summed E-state index contributed by atoms with van der Waals surface area (Å²) in [6.45, 7) is 23.0. The number of allylic oxidation sites excluding steroid dienone is 5. The third kappa shape index (κ3) is 7.31. The average molecular weight is 592 g/mol. The van der Waals surface area contributed by atoms with Crippen LogP contribution in [0.1, 0.15) is 58.1 Å². The molecule has 0 atom stereocenters. The van der Waals surface area contributed by atoms with Gasteiger partial charge in [-0.15, -0.1) is 0 Å². The Morgan fingerprint density at radius 1 is 0.977 bits per heavy atom. The summed E-state index contributed by atoms with van der Waals surface area (Å²) >= 11 is 0. The lowest BCUT2D eigenvalue weighted by atomic mass is 9.79. The quantitative estimate of drug-likeness (QED) is 0.183. The third-order valence-corrected chi connectivity index (χ3v) is 8.51. The van der Waals surface area contributed by atoms with Gasteiger partial charge in [-0.1, -0.05) is 70.0 Å². The molecule has 0 saturated carbocycles. The van der Waals surface area contributed by atoms with Crippen LogP contribution in [0.3, 0.4) is 0 Å². The summed E-state index contributed by atoms with van der Waals surface area (Å²) in [6.07, 6.45) is 11.1. The van der Waals surface area contributed by atoms with Crippen molar-refractivity contribution in [2.24, 2.45) is 0 Å². The number of rotatable bonds is 12. The Morgan fingerprint density at radius 3 is 2.34 bits per heavy atom. The SMILES string of the molecule is C=C/C=C(\C(C)=C(/C)NC(=C)C(C)(C)c1cc(-c2cncc(NC(=C)c3ccccc3)c2)cc(F)c1NC)N1CCCCC1. The molecule has 6 heteroatoms. The number of hydrogen-bond donors (Lipinski definition) is 3. The second kappa shape index (κ2) is 14.3. The first-order valence-corrected chi connectivity index (χ1v) is 15.3. The van der Waals surface area contributed by atoms with Gasteiger partial charge in [-0.2, -0.15) is 0 Å². The Balaban J connectivity index is 1.64. The van der Waals surface area contributed by atoms with Gasteiger partial charge in [0.25, 0.3) is 0 Å². The summed E-state index contributed by atoms with van der Waals surface area (Å²) in [7, 11) is 1.75. The highest BCUT2D eigenvalue weighted by molar-refractivity contribution is 5.78. The standard InChI is InChI=1S/C38H46FN5/c1-9-16-36(44-19-14-11-15-20-44)26(2)27(3)42-29(5)38(6,7)34-22-31(23-35(39)37(34)40-8)32-21-33(25-41-24-32)43-28(4)30-17-12-10-13-18-30/h9-10,12-13,16-18,21-25,40,42-43H,1,4-5,11,14-15,19-20H2,2-3,6-8H3/b27-26+,36-16+. The number of nitrogens with one attached hydrogen (secondary N) is 3. The molecule has 4 rings (SSSR count). The largest absolute Gasteiger partial charge is 0.386 e. The van der Waals surface area contributed by atoms with Gasteiger partial charge in [-0.05, 0) is 79.6 Å². The van der Waals surface area contributed by atoms with Crippen molar-refractivity contribution in [2.45, 2.75) is 52.4 Å².